The zero-order valence-corrected chi connectivity index (χ0v) is 68.3. The SMILES string of the molecule is CC1(C)OB(c2ccc3c(c2)-c2ccccc2C32c3ccccc3Oc3ccccc32)OC1(C)C.C[Si](C)(C)c1ccc(-c2ccc(-c3nc(-c4ccc5c(c4)-c4ccccc4C54c5ccccc5Oc5ccccc54)c4ccccc4n3)cc2)cc1.C[Si](C)(C)c1ccc(-c2ccc(-c3nc(Cl)c4ccccc4n3)cc2)cc1. The zero-order valence-electron chi connectivity index (χ0n) is 65.6. The van der Waals surface area contributed by atoms with Crippen LogP contribution in [0.5, 0.6) is 23.0 Å². The zero-order chi connectivity index (χ0) is 78.0. The molecule has 0 unspecified atom stereocenters. The second-order valence-corrected chi connectivity index (χ2v) is 44.0. The molecule has 0 atom stereocenters. The number of hydrogen-bond donors (Lipinski definition) is 0. The summed E-state index contributed by atoms with van der Waals surface area (Å²) in [4.78, 5) is 19.5. The Hall–Kier alpha value is -11.9. The Labute approximate surface area is 674 Å². The molecule has 2 spiro atoms. The van der Waals surface area contributed by atoms with E-state index in [0.717, 1.165) is 89.6 Å². The van der Waals surface area contributed by atoms with Crippen LogP contribution in [-0.2, 0) is 20.1 Å². The molecule has 12 heteroatoms. The fraction of sp³-hybridized carbons (Fsp3) is 0.137. The molecular weight excluding hydrogens is 1450 g/mol. The van der Waals surface area contributed by atoms with E-state index in [1.165, 1.54) is 88.3 Å². The lowest BCUT2D eigenvalue weighted by Crippen LogP contribution is -2.41. The number of fused-ring (bicyclic) bond motifs is 20. The standard InChI is InChI=1S/C48H36N2OSi.C31H27BO3.C23H21ClN2Si/c1-52(2,3)35-27-24-32(25-28-35)31-20-22-33(23-21-31)47-49-43-17-9-5-13-37(43)46(50-47)34-26-29-40-38(30-34)36-12-4-6-14-39(36)48(40)41-15-7-10-18-44(41)51-45-19-11-8-16-42(45)48;1-29(2)30(3,4)35-32(34-29)20-17-18-24-22(19-20)21-11-5-6-12-23(21)31(24)25-13-7-9-15-27(25)33-28-16-10-8-14-26(28)31;1-27(2,3)19-14-12-17(13-15-19)16-8-10-18(11-9-16)23-25-21-7-5-4-6-20(21)22(24)26-23/h4-30H,1-3H3;5-19H,1-4H3;4-15H,1-3H3. The normalized spacial score (nSPS) is 15.0. The van der Waals surface area contributed by atoms with E-state index in [-0.39, 0.29) is 11.2 Å². The second-order valence-electron chi connectivity index (χ2n) is 33.5. The van der Waals surface area contributed by atoms with Crippen molar-refractivity contribution in [3.8, 4) is 102 Å². The number of halogens is 1. The highest BCUT2D eigenvalue weighted by Gasteiger charge is 2.55. The molecule has 1 saturated heterocycles. The fourth-order valence-corrected chi connectivity index (χ4v) is 20.1. The van der Waals surface area contributed by atoms with E-state index in [1.54, 1.807) is 0 Å². The average Bonchev–Trinajstić information content (AvgIpc) is 1.51. The lowest BCUT2D eigenvalue weighted by atomic mass is 9.65. The first-order valence-electron chi connectivity index (χ1n) is 39.3. The van der Waals surface area contributed by atoms with Gasteiger partial charge in [0.1, 0.15) is 28.2 Å². The van der Waals surface area contributed by atoms with Gasteiger partial charge in [-0.2, -0.15) is 0 Å². The third-order valence-electron chi connectivity index (χ3n) is 24.1. The van der Waals surface area contributed by atoms with Gasteiger partial charge in [-0.25, -0.2) is 19.9 Å². The van der Waals surface area contributed by atoms with Crippen LogP contribution in [0.1, 0.15) is 72.2 Å². The van der Waals surface area contributed by atoms with Gasteiger partial charge in [-0.3, -0.25) is 0 Å². The summed E-state index contributed by atoms with van der Waals surface area (Å²) >= 11 is 6.34. The van der Waals surface area contributed by atoms with Gasteiger partial charge in [0.05, 0.1) is 54.9 Å². The Balaban J connectivity index is 0.000000122. The molecule has 2 aromatic heterocycles. The molecule has 14 aromatic carbocycles. The third kappa shape index (κ3) is 12.1. The van der Waals surface area contributed by atoms with Crippen LogP contribution in [0.2, 0.25) is 44.4 Å². The molecule has 21 rings (SSSR count). The average molecular weight is 1530 g/mol. The molecule has 0 radical (unpaired) electrons. The molecule has 0 amide bonds. The molecule has 2 aliphatic carbocycles. The molecule has 554 valence electrons. The first-order chi connectivity index (χ1) is 55.1. The van der Waals surface area contributed by atoms with Crippen molar-refractivity contribution in [2.75, 3.05) is 0 Å². The summed E-state index contributed by atoms with van der Waals surface area (Å²) in [7, 11) is -3.02. The highest BCUT2D eigenvalue weighted by molar-refractivity contribution is 6.89. The van der Waals surface area contributed by atoms with Crippen LogP contribution in [0.15, 0.2) is 328 Å². The molecule has 16 aromatic rings. The molecule has 0 N–H and O–H groups in total. The third-order valence-corrected chi connectivity index (χ3v) is 28.6. The molecule has 114 heavy (non-hydrogen) atoms. The molecule has 5 heterocycles. The highest BCUT2D eigenvalue weighted by atomic mass is 35.5. The van der Waals surface area contributed by atoms with E-state index >= 15 is 0 Å². The largest absolute Gasteiger partial charge is 0.494 e. The van der Waals surface area contributed by atoms with Crippen molar-refractivity contribution < 1.29 is 18.8 Å². The maximum atomic E-state index is 6.52. The van der Waals surface area contributed by atoms with E-state index in [0.29, 0.717) is 11.0 Å². The van der Waals surface area contributed by atoms with Gasteiger partial charge in [-0.05, 0) is 148 Å². The predicted octanol–water partition coefficient (Wildman–Crippen LogP) is 24.3. The minimum absolute atomic E-state index is 0.381. The number of aromatic nitrogens is 4. The van der Waals surface area contributed by atoms with Crippen molar-refractivity contribution in [1.29, 1.82) is 0 Å². The molecule has 8 nitrogen and oxygen atoms in total. The number of ether oxygens (including phenoxy) is 2. The van der Waals surface area contributed by atoms with Gasteiger partial charge in [-0.1, -0.05) is 340 Å². The summed E-state index contributed by atoms with van der Waals surface area (Å²) in [6.45, 7) is 22.6. The first-order valence-corrected chi connectivity index (χ1v) is 46.7. The molecular formula is C102H84BClN4O4Si2. The summed E-state index contributed by atoms with van der Waals surface area (Å²) in [5.41, 5.74) is 24.6. The summed E-state index contributed by atoms with van der Waals surface area (Å²) in [5.74, 6) is 4.98. The van der Waals surface area contributed by atoms with E-state index < -0.39 is 34.1 Å². The molecule has 0 bridgehead atoms. The molecule has 5 aliphatic rings. The van der Waals surface area contributed by atoms with E-state index in [1.807, 2.05) is 36.4 Å². The van der Waals surface area contributed by atoms with Crippen molar-refractivity contribution >= 4 is 72.5 Å². The van der Waals surface area contributed by atoms with Gasteiger partial charge in [0.25, 0.3) is 0 Å². The van der Waals surface area contributed by atoms with Crippen molar-refractivity contribution in [2.24, 2.45) is 0 Å². The Morgan fingerprint density at radius 2 is 0.614 bits per heavy atom. The van der Waals surface area contributed by atoms with E-state index in [2.05, 4.69) is 368 Å². The Morgan fingerprint density at radius 3 is 1.05 bits per heavy atom. The lowest BCUT2D eigenvalue weighted by molar-refractivity contribution is 0.00578. The molecule has 1 fully saturated rings. The Bertz CT molecular complexity index is 6390. The van der Waals surface area contributed by atoms with Crippen LogP contribution >= 0.6 is 11.6 Å². The van der Waals surface area contributed by atoms with Gasteiger partial charge in [0.2, 0.25) is 0 Å². The highest BCUT2D eigenvalue weighted by Crippen LogP contribution is 2.64. The monoisotopic (exact) mass is 1530 g/mol. The maximum absolute atomic E-state index is 6.52. The van der Waals surface area contributed by atoms with E-state index in [9.17, 15) is 0 Å². The van der Waals surface area contributed by atoms with Crippen LogP contribution in [-0.4, -0.2) is 54.4 Å². The van der Waals surface area contributed by atoms with Crippen molar-refractivity contribution in [3.63, 3.8) is 0 Å². The van der Waals surface area contributed by atoms with E-state index in [4.69, 9.17) is 40.4 Å². The molecule has 0 saturated carbocycles. The van der Waals surface area contributed by atoms with Crippen molar-refractivity contribution in [3.05, 3.63) is 377 Å². The fourth-order valence-electron chi connectivity index (χ4n) is 17.6. The summed E-state index contributed by atoms with van der Waals surface area (Å²) in [5, 5.41) is 5.34. The predicted molar refractivity (Wildman–Crippen MR) is 474 cm³/mol. The number of hydrogen-bond acceptors (Lipinski definition) is 8. The van der Waals surface area contributed by atoms with Gasteiger partial charge in [0, 0.05) is 49.7 Å². The van der Waals surface area contributed by atoms with Crippen LogP contribution in [0.3, 0.4) is 0 Å². The quantitative estimate of drug-likeness (QED) is 0.110. The van der Waals surface area contributed by atoms with Crippen LogP contribution in [0.25, 0.3) is 100 Å². The molecule has 3 aliphatic heterocycles. The summed E-state index contributed by atoms with van der Waals surface area (Å²) in [6.07, 6.45) is 0. The van der Waals surface area contributed by atoms with Gasteiger partial charge in [-0.15, -0.1) is 0 Å². The Kier molecular flexibility index (Phi) is 17.6. The second kappa shape index (κ2) is 27.7. The van der Waals surface area contributed by atoms with Crippen LogP contribution in [0, 0.1) is 0 Å². The van der Waals surface area contributed by atoms with Crippen molar-refractivity contribution in [1.82, 2.24) is 19.9 Å². The minimum atomic E-state index is -1.35. The van der Waals surface area contributed by atoms with Crippen molar-refractivity contribution in [2.45, 2.75) is 89.0 Å². The lowest BCUT2D eigenvalue weighted by Gasteiger charge is -2.39. The first kappa shape index (κ1) is 72.3. The number of para-hydroxylation sites is 6. The maximum Gasteiger partial charge on any atom is 0.494 e. The summed E-state index contributed by atoms with van der Waals surface area (Å²) in [6, 6.07) is 116. The number of nitrogens with zero attached hydrogens (tertiary/aromatic N) is 4. The van der Waals surface area contributed by atoms with Gasteiger partial charge >= 0.3 is 7.12 Å². The van der Waals surface area contributed by atoms with Crippen LogP contribution < -0.4 is 25.3 Å². The summed E-state index contributed by atoms with van der Waals surface area (Å²) < 4.78 is 25.7. The van der Waals surface area contributed by atoms with Crippen LogP contribution in [0.4, 0.5) is 0 Å². The minimum Gasteiger partial charge on any atom is -0.457 e. The number of rotatable bonds is 8. The topological polar surface area (TPSA) is 88.5 Å². The van der Waals surface area contributed by atoms with Gasteiger partial charge in [0.15, 0.2) is 11.6 Å². The number of benzene rings is 14. The Morgan fingerprint density at radius 1 is 0.289 bits per heavy atom. The smallest absolute Gasteiger partial charge is 0.457 e. The van der Waals surface area contributed by atoms with Gasteiger partial charge < -0.3 is 18.8 Å².